The minimum atomic E-state index is 0.770. The van der Waals surface area contributed by atoms with Gasteiger partial charge in [0.25, 0.3) is 0 Å². The molecule has 0 radical (unpaired) electrons. The number of ether oxygens (including phenoxy) is 1. The summed E-state index contributed by atoms with van der Waals surface area (Å²) < 4.78 is 12.1. The Balaban J connectivity index is 1.86. The number of furan rings is 1. The predicted molar refractivity (Wildman–Crippen MR) is 82.2 cm³/mol. The monoisotopic (exact) mass is 294 g/mol. The van der Waals surface area contributed by atoms with Crippen LogP contribution in [-0.4, -0.2) is 26.9 Å². The number of hydrogen-bond acceptors (Lipinski definition) is 4. The van der Waals surface area contributed by atoms with E-state index in [0.29, 0.717) is 0 Å². The first kappa shape index (κ1) is 12.7. The number of nitrogens with one attached hydrogen (secondary N) is 1. The van der Waals surface area contributed by atoms with Crippen molar-refractivity contribution in [3.63, 3.8) is 0 Å². The number of aromatic amines is 1. The van der Waals surface area contributed by atoms with E-state index in [1.807, 2.05) is 41.9 Å². The van der Waals surface area contributed by atoms with Crippen molar-refractivity contribution < 1.29 is 9.15 Å². The van der Waals surface area contributed by atoms with Gasteiger partial charge in [-0.05, 0) is 37.3 Å². The predicted octanol–water partition coefficient (Wildman–Crippen LogP) is 3.33. The van der Waals surface area contributed by atoms with Crippen LogP contribution in [0.3, 0.4) is 0 Å². The molecule has 0 spiro atoms. The van der Waals surface area contributed by atoms with Crippen molar-refractivity contribution in [1.29, 1.82) is 0 Å². The molecule has 0 bridgehead atoms. The smallest absolute Gasteiger partial charge is 0.181 e. The van der Waals surface area contributed by atoms with Crippen LogP contribution in [-0.2, 0) is 0 Å². The van der Waals surface area contributed by atoms with Crippen molar-refractivity contribution in [2.75, 3.05) is 7.11 Å². The molecule has 4 aromatic rings. The maximum absolute atomic E-state index is 5.19. The number of rotatable bonds is 3. The third-order valence-electron chi connectivity index (χ3n) is 3.61. The van der Waals surface area contributed by atoms with Crippen molar-refractivity contribution in [3.8, 4) is 22.8 Å². The highest BCUT2D eigenvalue weighted by Gasteiger charge is 2.15. The lowest BCUT2D eigenvalue weighted by molar-refractivity contribution is 0.414. The van der Waals surface area contributed by atoms with Crippen molar-refractivity contribution in [3.05, 3.63) is 48.6 Å². The highest BCUT2D eigenvalue weighted by atomic mass is 16.5. The molecule has 0 aliphatic heterocycles. The van der Waals surface area contributed by atoms with Gasteiger partial charge in [-0.3, -0.25) is 0 Å². The Bertz CT molecular complexity index is 917. The van der Waals surface area contributed by atoms with Crippen LogP contribution in [0.25, 0.3) is 28.2 Å². The molecule has 0 amide bonds. The fourth-order valence-electron chi connectivity index (χ4n) is 2.46. The molecule has 3 heterocycles. The van der Waals surface area contributed by atoms with Gasteiger partial charge < -0.3 is 14.1 Å². The van der Waals surface area contributed by atoms with Crippen LogP contribution in [0.1, 0.15) is 5.69 Å². The second-order valence-corrected chi connectivity index (χ2v) is 4.99. The molecular weight excluding hydrogens is 280 g/mol. The fraction of sp³-hybridized carbons (Fsp3) is 0.125. The number of methoxy groups -OCH3 is 1. The average Bonchev–Trinajstić information content (AvgIpc) is 3.25. The summed E-state index contributed by atoms with van der Waals surface area (Å²) in [6.07, 6.45) is 3.29. The fourth-order valence-corrected chi connectivity index (χ4v) is 2.46. The van der Waals surface area contributed by atoms with E-state index in [-0.39, 0.29) is 0 Å². The van der Waals surface area contributed by atoms with E-state index in [0.717, 1.165) is 39.7 Å². The zero-order valence-corrected chi connectivity index (χ0v) is 12.2. The summed E-state index contributed by atoms with van der Waals surface area (Å²) in [5, 5.41) is 4.56. The SMILES string of the molecule is COc1ccc(-n2nc(C)c3[nH]c(-c4ccoc4)nc32)cc1. The molecule has 0 atom stereocenters. The Kier molecular flexibility index (Phi) is 2.75. The lowest BCUT2D eigenvalue weighted by Gasteiger charge is -2.03. The number of aryl methyl sites for hydroxylation is 1. The molecule has 0 saturated carbocycles. The first-order valence-electron chi connectivity index (χ1n) is 6.88. The first-order chi connectivity index (χ1) is 10.8. The van der Waals surface area contributed by atoms with Crippen LogP contribution >= 0.6 is 0 Å². The molecule has 1 aromatic carbocycles. The lowest BCUT2D eigenvalue weighted by atomic mass is 10.3. The van der Waals surface area contributed by atoms with Gasteiger partial charge in [-0.2, -0.15) is 5.10 Å². The van der Waals surface area contributed by atoms with Crippen molar-refractivity contribution in [2.45, 2.75) is 6.92 Å². The second kappa shape index (κ2) is 4.77. The van der Waals surface area contributed by atoms with Crippen molar-refractivity contribution >= 4 is 11.2 Å². The zero-order chi connectivity index (χ0) is 15.1. The number of benzene rings is 1. The number of imidazole rings is 1. The van der Waals surface area contributed by atoms with Crippen LogP contribution in [0.4, 0.5) is 0 Å². The molecule has 0 aliphatic rings. The third-order valence-corrected chi connectivity index (χ3v) is 3.61. The maximum atomic E-state index is 5.19. The van der Waals surface area contributed by atoms with Crippen LogP contribution in [0.15, 0.2) is 47.3 Å². The number of H-pyrrole nitrogens is 1. The van der Waals surface area contributed by atoms with Gasteiger partial charge >= 0.3 is 0 Å². The third kappa shape index (κ3) is 1.88. The summed E-state index contributed by atoms with van der Waals surface area (Å²) in [5.74, 6) is 1.58. The molecular formula is C16H14N4O2. The molecule has 110 valence electrons. The zero-order valence-electron chi connectivity index (χ0n) is 12.2. The summed E-state index contributed by atoms with van der Waals surface area (Å²) in [7, 11) is 1.65. The van der Waals surface area contributed by atoms with E-state index in [1.165, 1.54) is 0 Å². The summed E-state index contributed by atoms with van der Waals surface area (Å²) >= 11 is 0. The van der Waals surface area contributed by atoms with E-state index in [9.17, 15) is 0 Å². The Hall–Kier alpha value is -3.02. The maximum Gasteiger partial charge on any atom is 0.181 e. The largest absolute Gasteiger partial charge is 0.497 e. The minimum Gasteiger partial charge on any atom is -0.497 e. The first-order valence-corrected chi connectivity index (χ1v) is 6.88. The van der Waals surface area contributed by atoms with Crippen molar-refractivity contribution in [2.24, 2.45) is 0 Å². The molecule has 6 nitrogen and oxygen atoms in total. The van der Waals surface area contributed by atoms with E-state index in [2.05, 4.69) is 15.1 Å². The minimum absolute atomic E-state index is 0.770. The number of fused-ring (bicyclic) bond motifs is 1. The highest BCUT2D eigenvalue weighted by Crippen LogP contribution is 2.25. The Morgan fingerprint density at radius 3 is 2.68 bits per heavy atom. The number of aromatic nitrogens is 4. The quantitative estimate of drug-likeness (QED) is 0.629. The summed E-state index contributed by atoms with van der Waals surface area (Å²) in [6.45, 7) is 1.96. The standard InChI is InChI=1S/C16H14N4O2/c1-10-14-16(18-15(17-14)11-7-8-22-9-11)20(19-10)12-3-5-13(21-2)6-4-12/h3-9H,1-2H3,(H,17,18). The van der Waals surface area contributed by atoms with E-state index < -0.39 is 0 Å². The second-order valence-electron chi connectivity index (χ2n) is 4.99. The van der Waals surface area contributed by atoms with Gasteiger partial charge in [-0.15, -0.1) is 0 Å². The Labute approximate surface area is 126 Å². The lowest BCUT2D eigenvalue weighted by Crippen LogP contribution is -1.97. The van der Waals surface area contributed by atoms with Gasteiger partial charge in [-0.25, -0.2) is 9.67 Å². The van der Waals surface area contributed by atoms with Gasteiger partial charge in [0.2, 0.25) is 0 Å². The topological polar surface area (TPSA) is 68.9 Å². The summed E-state index contributed by atoms with van der Waals surface area (Å²) in [6, 6.07) is 9.59. The van der Waals surface area contributed by atoms with Crippen LogP contribution < -0.4 is 4.74 Å². The van der Waals surface area contributed by atoms with Crippen molar-refractivity contribution in [1.82, 2.24) is 19.7 Å². The molecule has 6 heteroatoms. The van der Waals surface area contributed by atoms with Crippen LogP contribution in [0.2, 0.25) is 0 Å². The van der Waals surface area contributed by atoms with Crippen LogP contribution in [0.5, 0.6) is 5.75 Å². The normalized spacial score (nSPS) is 11.2. The van der Waals surface area contributed by atoms with Gasteiger partial charge in [0.1, 0.15) is 23.4 Å². The Morgan fingerprint density at radius 2 is 2.00 bits per heavy atom. The summed E-state index contributed by atoms with van der Waals surface area (Å²) in [5.41, 5.74) is 4.46. The number of nitrogens with zero attached hydrogens (tertiary/aromatic N) is 3. The highest BCUT2D eigenvalue weighted by molar-refractivity contribution is 5.80. The Morgan fingerprint density at radius 1 is 1.18 bits per heavy atom. The molecule has 3 aromatic heterocycles. The number of hydrogen-bond donors (Lipinski definition) is 1. The molecule has 0 unspecified atom stereocenters. The van der Waals surface area contributed by atoms with E-state index >= 15 is 0 Å². The van der Waals surface area contributed by atoms with Gasteiger partial charge in [0, 0.05) is 0 Å². The molecule has 4 rings (SSSR count). The average molecular weight is 294 g/mol. The summed E-state index contributed by atoms with van der Waals surface area (Å²) in [4.78, 5) is 7.95. The molecule has 0 aliphatic carbocycles. The van der Waals surface area contributed by atoms with Gasteiger partial charge in [0.15, 0.2) is 5.65 Å². The van der Waals surface area contributed by atoms with E-state index in [4.69, 9.17) is 9.15 Å². The molecule has 22 heavy (non-hydrogen) atoms. The van der Waals surface area contributed by atoms with Crippen LogP contribution in [0, 0.1) is 6.92 Å². The molecule has 0 saturated heterocycles. The molecule has 0 fully saturated rings. The van der Waals surface area contributed by atoms with Gasteiger partial charge in [-0.1, -0.05) is 0 Å². The van der Waals surface area contributed by atoms with E-state index in [1.54, 1.807) is 19.6 Å². The molecule has 1 N–H and O–H groups in total. The van der Waals surface area contributed by atoms with Gasteiger partial charge in [0.05, 0.1) is 30.3 Å².